The first-order valence-corrected chi connectivity index (χ1v) is 5.39. The smallest absolute Gasteiger partial charge is 0.0901 e. The highest BCUT2D eigenvalue weighted by atomic mass is 35.5. The van der Waals surface area contributed by atoms with E-state index in [-0.39, 0.29) is 0 Å². The average Bonchev–Trinajstić information content (AvgIpc) is 2.32. The van der Waals surface area contributed by atoms with Crippen molar-refractivity contribution >= 4 is 17.3 Å². The maximum Gasteiger partial charge on any atom is 0.0901 e. The van der Waals surface area contributed by atoms with E-state index in [0.717, 1.165) is 5.69 Å². The minimum Gasteiger partial charge on any atom is -0.372 e. The van der Waals surface area contributed by atoms with Crippen molar-refractivity contribution in [1.29, 1.82) is 0 Å². The molecule has 0 spiro atoms. The highest BCUT2D eigenvalue weighted by molar-refractivity contribution is 6.18. The summed E-state index contributed by atoms with van der Waals surface area (Å²) >= 11 is 5.58. The van der Waals surface area contributed by atoms with Crippen LogP contribution < -0.4 is 5.32 Å². The van der Waals surface area contributed by atoms with Gasteiger partial charge in [0.2, 0.25) is 0 Å². The van der Waals surface area contributed by atoms with Crippen LogP contribution >= 0.6 is 11.6 Å². The van der Waals surface area contributed by atoms with Gasteiger partial charge in [-0.05, 0) is 23.3 Å². The van der Waals surface area contributed by atoms with Crippen LogP contribution in [0.3, 0.4) is 0 Å². The molecule has 0 aliphatic rings. The lowest BCUT2D eigenvalue weighted by atomic mass is 10.1. The van der Waals surface area contributed by atoms with Gasteiger partial charge in [-0.3, -0.25) is 0 Å². The summed E-state index contributed by atoms with van der Waals surface area (Å²) in [6, 6.07) is 19.0. The molecule has 0 saturated heterocycles. The van der Waals surface area contributed by atoms with Gasteiger partial charge in [-0.15, -0.1) is 11.6 Å². The second-order valence-electron chi connectivity index (χ2n) is 3.25. The lowest BCUT2D eigenvalue weighted by Gasteiger charge is -2.04. The number of rotatable bonds is 3. The van der Waals surface area contributed by atoms with Crippen LogP contribution in [0.4, 0.5) is 5.69 Å². The Bertz CT molecular complexity index is 408. The zero-order chi connectivity index (χ0) is 10.5. The van der Waals surface area contributed by atoms with Crippen LogP contribution in [0.1, 0.15) is 0 Å². The Balaban J connectivity index is 2.24. The van der Waals surface area contributed by atoms with Crippen molar-refractivity contribution in [1.82, 2.24) is 0 Å². The molecule has 2 heteroatoms. The number of nitrogens with one attached hydrogen (secondary N) is 1. The van der Waals surface area contributed by atoms with Crippen LogP contribution in [-0.2, 0) is 0 Å². The Kier molecular flexibility index (Phi) is 3.25. The van der Waals surface area contributed by atoms with Crippen molar-refractivity contribution in [3.63, 3.8) is 0 Å². The SMILES string of the molecule is ClCNc1ccc(-c2ccccc2)cc1. The van der Waals surface area contributed by atoms with E-state index in [4.69, 9.17) is 11.6 Å². The van der Waals surface area contributed by atoms with Crippen LogP contribution in [0.5, 0.6) is 0 Å². The molecular weight excluding hydrogens is 206 g/mol. The van der Waals surface area contributed by atoms with Crippen molar-refractivity contribution < 1.29 is 0 Å². The molecule has 2 aromatic rings. The molecule has 0 atom stereocenters. The minimum absolute atomic E-state index is 0.435. The van der Waals surface area contributed by atoms with Crippen molar-refractivity contribution in [2.75, 3.05) is 11.3 Å². The normalized spacial score (nSPS) is 9.93. The number of alkyl halides is 1. The number of anilines is 1. The summed E-state index contributed by atoms with van der Waals surface area (Å²) in [5.74, 6) is 0. The van der Waals surface area contributed by atoms with Gasteiger partial charge in [0.1, 0.15) is 0 Å². The van der Waals surface area contributed by atoms with Gasteiger partial charge in [0.25, 0.3) is 0 Å². The highest BCUT2D eigenvalue weighted by Crippen LogP contribution is 2.20. The predicted octanol–water partition coefficient (Wildman–Crippen LogP) is 3.96. The van der Waals surface area contributed by atoms with Crippen LogP contribution in [0.2, 0.25) is 0 Å². The minimum atomic E-state index is 0.435. The second kappa shape index (κ2) is 4.85. The summed E-state index contributed by atoms with van der Waals surface area (Å²) in [6.45, 7) is 0. The summed E-state index contributed by atoms with van der Waals surface area (Å²) < 4.78 is 0. The summed E-state index contributed by atoms with van der Waals surface area (Å²) in [5.41, 5.74) is 3.50. The van der Waals surface area contributed by atoms with Crippen LogP contribution in [0, 0.1) is 0 Å². The summed E-state index contributed by atoms with van der Waals surface area (Å²) in [6.07, 6.45) is 0. The lowest BCUT2D eigenvalue weighted by molar-refractivity contribution is 1.45. The molecule has 0 radical (unpaired) electrons. The maximum atomic E-state index is 5.58. The fraction of sp³-hybridized carbons (Fsp3) is 0.0769. The quantitative estimate of drug-likeness (QED) is 0.606. The first kappa shape index (κ1) is 10.1. The van der Waals surface area contributed by atoms with Crippen LogP contribution in [0.15, 0.2) is 54.6 Å². The van der Waals surface area contributed by atoms with E-state index < -0.39 is 0 Å². The third-order valence-electron chi connectivity index (χ3n) is 2.26. The number of hydrogen-bond donors (Lipinski definition) is 1. The number of halogens is 1. The highest BCUT2D eigenvalue weighted by Gasteiger charge is 1.95. The molecule has 0 heterocycles. The largest absolute Gasteiger partial charge is 0.372 e. The summed E-state index contributed by atoms with van der Waals surface area (Å²) in [5, 5.41) is 3.05. The molecule has 0 aliphatic carbocycles. The van der Waals surface area contributed by atoms with Gasteiger partial charge in [-0.25, -0.2) is 0 Å². The molecule has 15 heavy (non-hydrogen) atoms. The van der Waals surface area contributed by atoms with Crippen molar-refractivity contribution in [2.45, 2.75) is 0 Å². The molecule has 76 valence electrons. The van der Waals surface area contributed by atoms with Crippen LogP contribution in [0.25, 0.3) is 11.1 Å². The molecule has 1 nitrogen and oxygen atoms in total. The van der Waals surface area contributed by atoms with E-state index >= 15 is 0 Å². The lowest BCUT2D eigenvalue weighted by Crippen LogP contribution is -1.93. The Morgan fingerprint density at radius 1 is 0.800 bits per heavy atom. The summed E-state index contributed by atoms with van der Waals surface area (Å²) in [4.78, 5) is 0. The van der Waals surface area contributed by atoms with E-state index in [1.54, 1.807) is 0 Å². The second-order valence-corrected chi connectivity index (χ2v) is 3.52. The van der Waals surface area contributed by atoms with Gasteiger partial charge < -0.3 is 5.32 Å². The molecule has 0 unspecified atom stereocenters. The number of benzene rings is 2. The third kappa shape index (κ3) is 2.51. The van der Waals surface area contributed by atoms with Gasteiger partial charge in [0.05, 0.1) is 6.00 Å². The van der Waals surface area contributed by atoms with Gasteiger partial charge >= 0.3 is 0 Å². The molecule has 1 N–H and O–H groups in total. The molecule has 2 aromatic carbocycles. The Morgan fingerprint density at radius 2 is 1.40 bits per heavy atom. The number of hydrogen-bond acceptors (Lipinski definition) is 1. The molecule has 0 fully saturated rings. The Hall–Kier alpha value is -1.47. The van der Waals surface area contributed by atoms with E-state index in [0.29, 0.717) is 6.00 Å². The first-order valence-electron chi connectivity index (χ1n) is 4.85. The van der Waals surface area contributed by atoms with E-state index in [1.807, 2.05) is 30.3 Å². The fourth-order valence-electron chi connectivity index (χ4n) is 1.49. The summed E-state index contributed by atoms with van der Waals surface area (Å²) in [7, 11) is 0. The molecule has 0 bridgehead atoms. The third-order valence-corrected chi connectivity index (χ3v) is 2.40. The maximum absolute atomic E-state index is 5.58. The van der Waals surface area contributed by atoms with Crippen molar-refractivity contribution in [3.8, 4) is 11.1 Å². The predicted molar refractivity (Wildman–Crippen MR) is 66.2 cm³/mol. The topological polar surface area (TPSA) is 12.0 Å². The first-order chi connectivity index (χ1) is 7.40. The van der Waals surface area contributed by atoms with Crippen molar-refractivity contribution in [3.05, 3.63) is 54.6 Å². The van der Waals surface area contributed by atoms with E-state index in [9.17, 15) is 0 Å². The molecule has 0 amide bonds. The fourth-order valence-corrected chi connectivity index (χ4v) is 1.64. The molecule has 0 aliphatic heterocycles. The molecule has 0 saturated carbocycles. The molecule has 0 aromatic heterocycles. The standard InChI is InChI=1S/C13H12ClN/c14-10-15-13-8-6-12(7-9-13)11-4-2-1-3-5-11/h1-9,15H,10H2. The van der Waals surface area contributed by atoms with Crippen LogP contribution in [-0.4, -0.2) is 6.00 Å². The van der Waals surface area contributed by atoms with E-state index in [2.05, 4.69) is 29.6 Å². The van der Waals surface area contributed by atoms with Gasteiger partial charge in [0, 0.05) is 5.69 Å². The molecule has 2 rings (SSSR count). The Morgan fingerprint density at radius 3 is 2.00 bits per heavy atom. The van der Waals surface area contributed by atoms with Gasteiger partial charge in [-0.2, -0.15) is 0 Å². The monoisotopic (exact) mass is 217 g/mol. The molecular formula is C13H12ClN. The zero-order valence-corrected chi connectivity index (χ0v) is 9.04. The van der Waals surface area contributed by atoms with Gasteiger partial charge in [0.15, 0.2) is 0 Å². The van der Waals surface area contributed by atoms with Gasteiger partial charge in [-0.1, -0.05) is 42.5 Å². The van der Waals surface area contributed by atoms with E-state index in [1.165, 1.54) is 11.1 Å². The van der Waals surface area contributed by atoms with Crippen molar-refractivity contribution in [2.24, 2.45) is 0 Å². The average molecular weight is 218 g/mol. The zero-order valence-electron chi connectivity index (χ0n) is 8.28. The Labute approximate surface area is 94.7 Å².